The predicted molar refractivity (Wildman–Crippen MR) is 65.5 cm³/mol. The number of carbonyl (C=O) groups is 1. The van der Waals surface area contributed by atoms with Crippen molar-refractivity contribution in [1.29, 1.82) is 0 Å². The van der Waals surface area contributed by atoms with Crippen molar-refractivity contribution in [3.8, 4) is 5.75 Å². The lowest BCUT2D eigenvalue weighted by Gasteiger charge is -2.06. The summed E-state index contributed by atoms with van der Waals surface area (Å²) in [5, 5.41) is 9.92. The number of carboxylic acids is 1. The molecule has 90 valence electrons. The zero-order chi connectivity index (χ0) is 12.4. The molecule has 2 aromatic rings. The largest absolute Gasteiger partial charge is 0.497 e. The number of fused-ring (bicyclic) bond motifs is 1. The van der Waals surface area contributed by atoms with Gasteiger partial charge in [-0.05, 0) is 25.1 Å². The normalized spacial score (nSPS) is 10.7. The second kappa shape index (κ2) is 4.49. The summed E-state index contributed by atoms with van der Waals surface area (Å²) in [5.41, 5.74) is 1.84. The first-order valence-corrected chi connectivity index (χ1v) is 5.53. The summed E-state index contributed by atoms with van der Waals surface area (Å²) in [6.07, 6.45) is 0.0465. The zero-order valence-corrected chi connectivity index (χ0v) is 9.93. The summed E-state index contributed by atoms with van der Waals surface area (Å²) in [6, 6.07) is 7.69. The SMILES string of the molecule is CCn1c(CC(=O)O)cc2ccc(OC)cc21. The minimum absolute atomic E-state index is 0.0465. The molecule has 0 amide bonds. The van der Waals surface area contributed by atoms with Gasteiger partial charge in [0.05, 0.1) is 19.0 Å². The molecule has 0 aliphatic rings. The standard InChI is InChI=1S/C13H15NO3/c1-3-14-10(7-13(15)16)6-9-4-5-11(17-2)8-12(9)14/h4-6,8H,3,7H2,1-2H3,(H,15,16). The Bertz CT molecular complexity index is 557. The molecule has 0 fully saturated rings. The van der Waals surface area contributed by atoms with Gasteiger partial charge in [-0.2, -0.15) is 0 Å². The Kier molecular flexibility index (Phi) is 3.04. The van der Waals surface area contributed by atoms with Gasteiger partial charge in [0, 0.05) is 23.7 Å². The summed E-state index contributed by atoms with van der Waals surface area (Å²) in [6.45, 7) is 2.75. The lowest BCUT2D eigenvalue weighted by atomic mass is 10.2. The second-order valence-corrected chi connectivity index (χ2v) is 3.88. The number of hydrogen-bond acceptors (Lipinski definition) is 2. The van der Waals surface area contributed by atoms with Crippen LogP contribution in [0.4, 0.5) is 0 Å². The van der Waals surface area contributed by atoms with Crippen molar-refractivity contribution in [2.24, 2.45) is 0 Å². The van der Waals surface area contributed by atoms with E-state index in [2.05, 4.69) is 0 Å². The van der Waals surface area contributed by atoms with Gasteiger partial charge in [-0.1, -0.05) is 0 Å². The fourth-order valence-corrected chi connectivity index (χ4v) is 2.09. The quantitative estimate of drug-likeness (QED) is 0.881. The first kappa shape index (κ1) is 11.5. The van der Waals surface area contributed by atoms with Gasteiger partial charge in [0.1, 0.15) is 5.75 Å². The Morgan fingerprint density at radius 1 is 1.41 bits per heavy atom. The Morgan fingerprint density at radius 3 is 2.76 bits per heavy atom. The highest BCUT2D eigenvalue weighted by atomic mass is 16.5. The molecule has 4 heteroatoms. The molecule has 4 nitrogen and oxygen atoms in total. The van der Waals surface area contributed by atoms with Crippen molar-refractivity contribution >= 4 is 16.9 Å². The number of methoxy groups -OCH3 is 1. The fourth-order valence-electron chi connectivity index (χ4n) is 2.09. The maximum absolute atomic E-state index is 10.8. The Hall–Kier alpha value is -1.97. The fraction of sp³-hybridized carbons (Fsp3) is 0.308. The molecule has 0 aliphatic carbocycles. The highest BCUT2D eigenvalue weighted by Gasteiger charge is 2.11. The van der Waals surface area contributed by atoms with Gasteiger partial charge in [-0.3, -0.25) is 4.79 Å². The maximum Gasteiger partial charge on any atom is 0.309 e. The summed E-state index contributed by atoms with van der Waals surface area (Å²) in [7, 11) is 1.62. The topological polar surface area (TPSA) is 51.5 Å². The number of aryl methyl sites for hydroxylation is 1. The summed E-state index contributed by atoms with van der Waals surface area (Å²) < 4.78 is 7.19. The Labute approximate surface area is 99.4 Å². The van der Waals surface area contributed by atoms with Crippen molar-refractivity contribution in [3.63, 3.8) is 0 Å². The number of rotatable bonds is 4. The van der Waals surface area contributed by atoms with Crippen LogP contribution in [-0.2, 0) is 17.8 Å². The van der Waals surface area contributed by atoms with E-state index in [0.717, 1.165) is 28.9 Å². The Morgan fingerprint density at radius 2 is 2.18 bits per heavy atom. The number of aromatic nitrogens is 1. The molecule has 0 atom stereocenters. The number of hydrogen-bond donors (Lipinski definition) is 1. The molecule has 1 aromatic carbocycles. The lowest BCUT2D eigenvalue weighted by Crippen LogP contribution is -2.06. The van der Waals surface area contributed by atoms with Crippen LogP contribution in [0.1, 0.15) is 12.6 Å². The summed E-state index contributed by atoms with van der Waals surface area (Å²) in [4.78, 5) is 10.8. The van der Waals surface area contributed by atoms with Crippen molar-refractivity contribution in [1.82, 2.24) is 4.57 Å². The number of ether oxygens (including phenoxy) is 1. The monoisotopic (exact) mass is 233 g/mol. The van der Waals surface area contributed by atoms with E-state index in [-0.39, 0.29) is 6.42 Å². The molecule has 0 radical (unpaired) electrons. The molecule has 17 heavy (non-hydrogen) atoms. The van der Waals surface area contributed by atoms with E-state index in [0.29, 0.717) is 0 Å². The van der Waals surface area contributed by atoms with Crippen LogP contribution in [0.15, 0.2) is 24.3 Å². The third-order valence-corrected chi connectivity index (χ3v) is 2.85. The van der Waals surface area contributed by atoms with E-state index in [1.165, 1.54) is 0 Å². The smallest absolute Gasteiger partial charge is 0.309 e. The van der Waals surface area contributed by atoms with Crippen molar-refractivity contribution in [2.45, 2.75) is 19.9 Å². The maximum atomic E-state index is 10.8. The van der Waals surface area contributed by atoms with Crippen LogP contribution in [0.5, 0.6) is 5.75 Å². The van der Waals surface area contributed by atoms with E-state index in [1.807, 2.05) is 35.8 Å². The number of nitrogens with zero attached hydrogens (tertiary/aromatic N) is 1. The van der Waals surface area contributed by atoms with Crippen LogP contribution in [0.25, 0.3) is 10.9 Å². The molecule has 1 heterocycles. The van der Waals surface area contributed by atoms with Gasteiger partial charge in [0.2, 0.25) is 0 Å². The average Bonchev–Trinajstić information content (AvgIpc) is 2.63. The summed E-state index contributed by atoms with van der Waals surface area (Å²) in [5.74, 6) is -0.0263. The van der Waals surface area contributed by atoms with Gasteiger partial charge in [0.15, 0.2) is 0 Å². The molecule has 0 spiro atoms. The van der Waals surface area contributed by atoms with Crippen LogP contribution in [0.2, 0.25) is 0 Å². The van der Waals surface area contributed by atoms with Crippen LogP contribution in [-0.4, -0.2) is 22.8 Å². The van der Waals surface area contributed by atoms with Crippen molar-refractivity contribution in [3.05, 3.63) is 30.0 Å². The molecular weight excluding hydrogens is 218 g/mol. The van der Waals surface area contributed by atoms with Gasteiger partial charge in [-0.15, -0.1) is 0 Å². The van der Waals surface area contributed by atoms with Crippen molar-refractivity contribution in [2.75, 3.05) is 7.11 Å². The molecular formula is C13H15NO3. The molecule has 0 unspecified atom stereocenters. The minimum atomic E-state index is -0.811. The molecule has 1 N–H and O–H groups in total. The van der Waals surface area contributed by atoms with Crippen LogP contribution >= 0.6 is 0 Å². The predicted octanol–water partition coefficient (Wildman–Crippen LogP) is 2.30. The number of benzene rings is 1. The third-order valence-electron chi connectivity index (χ3n) is 2.85. The van der Waals surface area contributed by atoms with E-state index < -0.39 is 5.97 Å². The highest BCUT2D eigenvalue weighted by Crippen LogP contribution is 2.24. The average molecular weight is 233 g/mol. The highest BCUT2D eigenvalue weighted by molar-refractivity contribution is 5.84. The van der Waals surface area contributed by atoms with Crippen LogP contribution < -0.4 is 4.74 Å². The minimum Gasteiger partial charge on any atom is -0.497 e. The van der Waals surface area contributed by atoms with Crippen LogP contribution in [0.3, 0.4) is 0 Å². The Balaban J connectivity index is 2.58. The molecule has 2 rings (SSSR count). The third kappa shape index (κ3) is 2.11. The first-order chi connectivity index (χ1) is 8.15. The molecule has 0 saturated carbocycles. The van der Waals surface area contributed by atoms with Crippen LogP contribution in [0, 0.1) is 0 Å². The van der Waals surface area contributed by atoms with Gasteiger partial charge >= 0.3 is 5.97 Å². The first-order valence-electron chi connectivity index (χ1n) is 5.53. The van der Waals surface area contributed by atoms with E-state index in [1.54, 1.807) is 7.11 Å². The number of aliphatic carboxylic acids is 1. The van der Waals surface area contributed by atoms with E-state index in [4.69, 9.17) is 9.84 Å². The summed E-state index contributed by atoms with van der Waals surface area (Å²) >= 11 is 0. The zero-order valence-electron chi connectivity index (χ0n) is 9.93. The van der Waals surface area contributed by atoms with E-state index >= 15 is 0 Å². The molecule has 0 saturated heterocycles. The van der Waals surface area contributed by atoms with Gasteiger partial charge in [0.25, 0.3) is 0 Å². The second-order valence-electron chi connectivity index (χ2n) is 3.88. The molecule has 0 aliphatic heterocycles. The van der Waals surface area contributed by atoms with E-state index in [9.17, 15) is 4.79 Å². The van der Waals surface area contributed by atoms with Gasteiger partial charge < -0.3 is 14.4 Å². The number of carboxylic acid groups (broad SMARTS) is 1. The molecule has 1 aromatic heterocycles. The van der Waals surface area contributed by atoms with Gasteiger partial charge in [-0.25, -0.2) is 0 Å². The lowest BCUT2D eigenvalue weighted by molar-refractivity contribution is -0.136. The molecule has 0 bridgehead atoms. The van der Waals surface area contributed by atoms with Crippen molar-refractivity contribution < 1.29 is 14.6 Å².